The first-order valence-electron chi connectivity index (χ1n) is 11.5. The number of esters is 1. The number of rotatable bonds is 7. The molecule has 0 unspecified atom stereocenters. The Morgan fingerprint density at radius 2 is 1.84 bits per heavy atom. The van der Waals surface area contributed by atoms with Crippen LogP contribution < -0.4 is 10.6 Å². The molecule has 4 aromatic rings. The molecular formula is C27H21FN4O6. The highest BCUT2D eigenvalue weighted by atomic mass is 19.1. The molecule has 2 aromatic heterocycles. The van der Waals surface area contributed by atoms with Crippen molar-refractivity contribution < 1.29 is 32.7 Å². The van der Waals surface area contributed by atoms with E-state index in [1.807, 2.05) is 18.2 Å². The van der Waals surface area contributed by atoms with Crippen LogP contribution >= 0.6 is 0 Å². The third-order valence-electron chi connectivity index (χ3n) is 5.91. The number of carbonyl (C=O) groups excluding carboxylic acids is 4. The average Bonchev–Trinajstić information content (AvgIpc) is 3.59. The Kier molecular flexibility index (Phi) is 6.48. The van der Waals surface area contributed by atoms with Gasteiger partial charge in [-0.15, -0.1) is 0 Å². The minimum Gasteiger partial charge on any atom is -0.463 e. The molecule has 10 nitrogen and oxygen atoms in total. The second kappa shape index (κ2) is 10.1. The van der Waals surface area contributed by atoms with Crippen LogP contribution in [-0.2, 0) is 27.4 Å². The molecule has 192 valence electrons. The van der Waals surface area contributed by atoms with Crippen LogP contribution in [0.3, 0.4) is 0 Å². The number of ether oxygens (including phenoxy) is 1. The van der Waals surface area contributed by atoms with Crippen LogP contribution in [0, 0.1) is 5.82 Å². The van der Waals surface area contributed by atoms with Gasteiger partial charge >= 0.3 is 12.0 Å². The molecule has 0 saturated carbocycles. The molecule has 1 aliphatic rings. The number of nitrogens with one attached hydrogen (secondary N) is 2. The number of amides is 4. The van der Waals surface area contributed by atoms with Crippen LogP contribution in [0.15, 0.2) is 77.0 Å². The summed E-state index contributed by atoms with van der Waals surface area (Å²) in [7, 11) is 1.21. The summed E-state index contributed by atoms with van der Waals surface area (Å²) >= 11 is 0. The summed E-state index contributed by atoms with van der Waals surface area (Å²) in [4.78, 5) is 50.7. The van der Waals surface area contributed by atoms with Crippen molar-refractivity contribution in [3.05, 3.63) is 95.5 Å². The first-order chi connectivity index (χ1) is 18.3. The molecule has 38 heavy (non-hydrogen) atoms. The van der Waals surface area contributed by atoms with Gasteiger partial charge in [-0.1, -0.05) is 30.3 Å². The quantitative estimate of drug-likeness (QED) is 0.218. The van der Waals surface area contributed by atoms with Gasteiger partial charge in [0.15, 0.2) is 0 Å². The Hall–Kier alpha value is -5.19. The number of urea groups is 1. The van der Waals surface area contributed by atoms with Gasteiger partial charge in [0, 0.05) is 22.7 Å². The van der Waals surface area contributed by atoms with Crippen LogP contribution in [0.5, 0.6) is 0 Å². The molecule has 2 N–H and O–H groups in total. The van der Waals surface area contributed by atoms with Gasteiger partial charge in [-0.3, -0.25) is 14.5 Å². The van der Waals surface area contributed by atoms with Crippen molar-refractivity contribution in [1.82, 2.24) is 14.8 Å². The molecule has 1 fully saturated rings. The molecule has 0 bridgehead atoms. The SMILES string of the molecule is COC(=O)c1ccc(CN2C(=O)N/C(=C\c3cn(CC(=O)Nc4ccccc4F)c4ccccc34)C2=O)o1. The van der Waals surface area contributed by atoms with E-state index in [0.29, 0.717) is 11.1 Å². The lowest BCUT2D eigenvalue weighted by molar-refractivity contribution is -0.123. The minimum atomic E-state index is -0.673. The summed E-state index contributed by atoms with van der Waals surface area (Å²) < 4.78 is 25.6. The maximum atomic E-state index is 13.9. The Bertz CT molecular complexity index is 1620. The normalized spacial score (nSPS) is 14.3. The van der Waals surface area contributed by atoms with E-state index in [2.05, 4.69) is 15.4 Å². The number of benzene rings is 2. The number of carbonyl (C=O) groups is 4. The Morgan fingerprint density at radius 1 is 1.08 bits per heavy atom. The zero-order chi connectivity index (χ0) is 26.8. The average molecular weight is 516 g/mol. The van der Waals surface area contributed by atoms with E-state index in [9.17, 15) is 23.6 Å². The fourth-order valence-corrected chi connectivity index (χ4v) is 4.13. The van der Waals surface area contributed by atoms with Crippen molar-refractivity contribution in [1.29, 1.82) is 0 Å². The standard InChI is InChI=1S/C27H21FN4O6/c1-37-26(35)23-11-10-17(38-23)14-32-25(34)21(30-27(32)36)12-16-13-31(22-9-5-2-6-18(16)22)15-24(33)29-20-8-4-3-7-19(20)28/h2-13H,14-15H2,1H3,(H,29,33)(H,30,36)/b21-12-. The number of aromatic nitrogens is 1. The number of hydrogen-bond acceptors (Lipinski definition) is 6. The van der Waals surface area contributed by atoms with Crippen LogP contribution in [-0.4, -0.2) is 40.4 Å². The topological polar surface area (TPSA) is 123 Å². The molecule has 0 spiro atoms. The number of methoxy groups -OCH3 is 1. The number of anilines is 1. The molecule has 1 aliphatic heterocycles. The molecule has 2 aromatic carbocycles. The summed E-state index contributed by atoms with van der Waals surface area (Å²) in [5.41, 5.74) is 1.41. The van der Waals surface area contributed by atoms with E-state index in [-0.39, 0.29) is 36.0 Å². The summed E-state index contributed by atoms with van der Waals surface area (Å²) in [6.45, 7) is -0.289. The van der Waals surface area contributed by atoms with E-state index < -0.39 is 29.6 Å². The highest BCUT2D eigenvalue weighted by Gasteiger charge is 2.34. The van der Waals surface area contributed by atoms with Gasteiger partial charge in [-0.2, -0.15) is 0 Å². The van der Waals surface area contributed by atoms with Crippen molar-refractivity contribution in [2.45, 2.75) is 13.1 Å². The molecule has 11 heteroatoms. The lowest BCUT2D eigenvalue weighted by Crippen LogP contribution is -2.30. The lowest BCUT2D eigenvalue weighted by Gasteiger charge is -2.09. The molecule has 0 atom stereocenters. The number of furan rings is 1. The van der Waals surface area contributed by atoms with Crippen molar-refractivity contribution in [2.24, 2.45) is 0 Å². The van der Waals surface area contributed by atoms with E-state index in [0.717, 1.165) is 10.3 Å². The van der Waals surface area contributed by atoms with E-state index in [1.165, 1.54) is 43.5 Å². The number of para-hydroxylation sites is 2. The Morgan fingerprint density at radius 3 is 2.63 bits per heavy atom. The van der Waals surface area contributed by atoms with Gasteiger partial charge in [0.2, 0.25) is 11.7 Å². The van der Waals surface area contributed by atoms with Gasteiger partial charge in [-0.25, -0.2) is 14.0 Å². The van der Waals surface area contributed by atoms with E-state index >= 15 is 0 Å². The fraction of sp³-hybridized carbons (Fsp3) is 0.111. The summed E-state index contributed by atoms with van der Waals surface area (Å²) in [6.07, 6.45) is 3.20. The minimum absolute atomic E-state index is 0.0356. The second-order valence-electron chi connectivity index (χ2n) is 8.39. The van der Waals surface area contributed by atoms with Crippen LogP contribution in [0.1, 0.15) is 21.9 Å². The zero-order valence-corrected chi connectivity index (χ0v) is 20.1. The van der Waals surface area contributed by atoms with Gasteiger partial charge < -0.3 is 24.4 Å². The third-order valence-corrected chi connectivity index (χ3v) is 5.91. The van der Waals surface area contributed by atoms with Crippen molar-refractivity contribution in [3.8, 4) is 0 Å². The van der Waals surface area contributed by atoms with Crippen LogP contribution in [0.25, 0.3) is 17.0 Å². The third kappa shape index (κ3) is 4.76. The molecule has 4 amide bonds. The largest absolute Gasteiger partial charge is 0.463 e. The van der Waals surface area contributed by atoms with Gasteiger partial charge in [0.25, 0.3) is 5.91 Å². The number of hydrogen-bond donors (Lipinski definition) is 2. The predicted molar refractivity (Wildman–Crippen MR) is 134 cm³/mol. The molecular weight excluding hydrogens is 495 g/mol. The van der Waals surface area contributed by atoms with E-state index in [4.69, 9.17) is 4.42 Å². The number of imide groups is 1. The zero-order valence-electron chi connectivity index (χ0n) is 20.1. The maximum absolute atomic E-state index is 13.9. The van der Waals surface area contributed by atoms with E-state index in [1.54, 1.807) is 22.9 Å². The highest BCUT2D eigenvalue weighted by Crippen LogP contribution is 2.26. The van der Waals surface area contributed by atoms with Gasteiger partial charge in [0.1, 0.15) is 23.8 Å². The first kappa shape index (κ1) is 24.5. The smallest absolute Gasteiger partial charge is 0.373 e. The van der Waals surface area contributed by atoms with Crippen molar-refractivity contribution >= 4 is 46.5 Å². The summed E-state index contributed by atoms with van der Waals surface area (Å²) in [5.74, 6) is -2.05. The van der Waals surface area contributed by atoms with Crippen LogP contribution in [0.4, 0.5) is 14.9 Å². The molecule has 5 rings (SSSR count). The van der Waals surface area contributed by atoms with Crippen molar-refractivity contribution in [2.75, 3.05) is 12.4 Å². The Balaban J connectivity index is 1.37. The summed E-state index contributed by atoms with van der Waals surface area (Å²) in [5, 5.41) is 5.85. The maximum Gasteiger partial charge on any atom is 0.373 e. The number of halogens is 1. The number of fused-ring (bicyclic) bond motifs is 1. The monoisotopic (exact) mass is 516 g/mol. The highest BCUT2D eigenvalue weighted by molar-refractivity contribution is 6.14. The summed E-state index contributed by atoms with van der Waals surface area (Å²) in [6, 6.07) is 15.4. The lowest BCUT2D eigenvalue weighted by atomic mass is 10.1. The molecule has 3 heterocycles. The van der Waals surface area contributed by atoms with Crippen LogP contribution in [0.2, 0.25) is 0 Å². The van der Waals surface area contributed by atoms with Crippen molar-refractivity contribution in [3.63, 3.8) is 0 Å². The molecule has 0 aliphatic carbocycles. The second-order valence-corrected chi connectivity index (χ2v) is 8.39. The number of nitrogens with zero attached hydrogens (tertiary/aromatic N) is 2. The molecule has 0 radical (unpaired) electrons. The van der Waals surface area contributed by atoms with Gasteiger partial charge in [-0.05, 0) is 36.4 Å². The van der Waals surface area contributed by atoms with Gasteiger partial charge in [0.05, 0.1) is 19.3 Å². The molecule has 1 saturated heterocycles. The fourth-order valence-electron chi connectivity index (χ4n) is 4.13. The Labute approximate surface area is 215 Å². The first-order valence-corrected chi connectivity index (χ1v) is 11.5. The predicted octanol–water partition coefficient (Wildman–Crippen LogP) is 3.89.